The van der Waals surface area contributed by atoms with Crippen molar-refractivity contribution in [2.75, 3.05) is 26.2 Å². The van der Waals surface area contributed by atoms with Crippen molar-refractivity contribution in [3.8, 4) is 0 Å². The number of carbonyl (C=O) groups is 1. The highest BCUT2D eigenvalue weighted by Crippen LogP contribution is 2.17. The van der Waals surface area contributed by atoms with Gasteiger partial charge >= 0.3 is 6.09 Å². The molecule has 0 spiro atoms. The lowest BCUT2D eigenvalue weighted by Gasteiger charge is -2.28. The molecule has 0 bridgehead atoms. The van der Waals surface area contributed by atoms with Crippen LogP contribution in [0.2, 0.25) is 0 Å². The minimum atomic E-state index is -0.525. The van der Waals surface area contributed by atoms with E-state index in [9.17, 15) is 4.79 Å². The summed E-state index contributed by atoms with van der Waals surface area (Å²) in [5, 5.41) is 0. The molecule has 1 aromatic carbocycles. The number of hydrogen-bond acceptors (Lipinski definition) is 6. The van der Waals surface area contributed by atoms with E-state index in [1.54, 1.807) is 6.20 Å². The minimum absolute atomic E-state index is 0.250. The number of carbonyl (C=O) groups excluding carboxylic acids is 1. The zero-order chi connectivity index (χ0) is 29.7. The van der Waals surface area contributed by atoms with Gasteiger partial charge in [-0.3, -0.25) is 4.90 Å². The Labute approximate surface area is 246 Å². The molecule has 9 heteroatoms. The van der Waals surface area contributed by atoms with Gasteiger partial charge in [-0.1, -0.05) is 38.1 Å². The summed E-state index contributed by atoms with van der Waals surface area (Å²) >= 11 is 0. The van der Waals surface area contributed by atoms with Crippen molar-refractivity contribution in [3.05, 3.63) is 71.8 Å². The highest BCUT2D eigenvalue weighted by Gasteiger charge is 2.22. The van der Waals surface area contributed by atoms with Gasteiger partial charge in [-0.25, -0.2) is 14.8 Å². The van der Waals surface area contributed by atoms with E-state index in [4.69, 9.17) is 4.74 Å². The number of aryl methyl sites for hydroxylation is 1. The molecule has 1 amide bonds. The highest BCUT2D eigenvalue weighted by molar-refractivity contribution is 5.68. The van der Waals surface area contributed by atoms with Gasteiger partial charge in [0, 0.05) is 51.5 Å². The molecule has 1 N–H and O–H groups in total. The third-order valence-electron chi connectivity index (χ3n) is 6.90. The second kappa shape index (κ2) is 16.3. The first kappa shape index (κ1) is 32.3. The number of benzene rings is 1. The molecule has 9 nitrogen and oxygen atoms in total. The molecule has 0 saturated carbocycles. The summed E-state index contributed by atoms with van der Waals surface area (Å²) in [5.74, 6) is 1.94. The summed E-state index contributed by atoms with van der Waals surface area (Å²) in [6, 6.07) is 8.57. The predicted octanol–water partition coefficient (Wildman–Crippen LogP) is 5.98. The van der Waals surface area contributed by atoms with Gasteiger partial charge in [-0.05, 0) is 77.2 Å². The van der Waals surface area contributed by atoms with Crippen molar-refractivity contribution < 1.29 is 9.53 Å². The molecule has 0 unspecified atom stereocenters. The Hall–Kier alpha value is -3.17. The van der Waals surface area contributed by atoms with E-state index < -0.39 is 5.60 Å². The van der Waals surface area contributed by atoms with Crippen molar-refractivity contribution in [2.45, 2.75) is 92.1 Å². The van der Waals surface area contributed by atoms with Gasteiger partial charge in [0.05, 0.1) is 13.1 Å². The number of aromatic amines is 1. The number of H-pyrrole nitrogens is 1. The number of nitrogens with one attached hydrogen (secondary N) is 1. The molecule has 0 fully saturated rings. The quantitative estimate of drug-likeness (QED) is 0.203. The zero-order valence-electron chi connectivity index (χ0n) is 26.1. The topological polar surface area (TPSA) is 82.5 Å². The molecule has 2 aromatic heterocycles. The summed E-state index contributed by atoms with van der Waals surface area (Å²) < 4.78 is 7.82. The molecule has 0 aliphatic carbocycles. The fourth-order valence-electron chi connectivity index (χ4n) is 4.91. The molecule has 0 aliphatic rings. The molecule has 41 heavy (non-hydrogen) atoms. The number of aromatic nitrogens is 4. The molecule has 0 aliphatic heterocycles. The SMILES string of the molecule is CCCN(CCC)CCCCN(Cc1ccc(CN(Cc2ncc[nH]2)Cc2nccn2C)cc1)C(=O)OC(C)(C)C. The first-order chi connectivity index (χ1) is 19.7. The third kappa shape index (κ3) is 11.7. The number of imidazole rings is 2. The van der Waals surface area contributed by atoms with Crippen LogP contribution in [-0.4, -0.2) is 72.1 Å². The van der Waals surface area contributed by atoms with Crippen molar-refractivity contribution in [3.63, 3.8) is 0 Å². The molecule has 0 radical (unpaired) electrons. The lowest BCUT2D eigenvalue weighted by Crippen LogP contribution is -2.37. The molecule has 3 aromatic rings. The Bertz CT molecular complexity index is 1130. The van der Waals surface area contributed by atoms with Crippen LogP contribution in [0.1, 0.15) is 83.1 Å². The minimum Gasteiger partial charge on any atom is -0.444 e. The van der Waals surface area contributed by atoms with Crippen LogP contribution in [0.15, 0.2) is 49.1 Å². The summed E-state index contributed by atoms with van der Waals surface area (Å²) in [7, 11) is 2.02. The van der Waals surface area contributed by atoms with Crippen LogP contribution in [0.25, 0.3) is 0 Å². The number of unbranched alkanes of at least 4 members (excludes halogenated alkanes) is 1. The molecular formula is C32H51N7O2. The zero-order valence-corrected chi connectivity index (χ0v) is 26.1. The van der Waals surface area contributed by atoms with Gasteiger partial charge in [-0.15, -0.1) is 0 Å². The van der Waals surface area contributed by atoms with Crippen molar-refractivity contribution in [1.82, 2.24) is 34.2 Å². The maximum atomic E-state index is 13.1. The number of nitrogens with zero attached hydrogens (tertiary/aromatic N) is 6. The number of rotatable bonds is 17. The number of amides is 1. The monoisotopic (exact) mass is 565 g/mol. The van der Waals surface area contributed by atoms with Crippen LogP contribution in [0, 0.1) is 0 Å². The van der Waals surface area contributed by atoms with Crippen LogP contribution in [0.3, 0.4) is 0 Å². The maximum absolute atomic E-state index is 13.1. The largest absolute Gasteiger partial charge is 0.444 e. The van der Waals surface area contributed by atoms with Gasteiger partial charge in [-0.2, -0.15) is 0 Å². The Balaban J connectivity index is 1.63. The molecule has 226 valence electrons. The highest BCUT2D eigenvalue weighted by atomic mass is 16.6. The van der Waals surface area contributed by atoms with Crippen LogP contribution in [-0.2, 0) is 38.0 Å². The van der Waals surface area contributed by atoms with E-state index in [0.29, 0.717) is 26.2 Å². The van der Waals surface area contributed by atoms with Crippen LogP contribution in [0.5, 0.6) is 0 Å². The van der Waals surface area contributed by atoms with Crippen molar-refractivity contribution >= 4 is 6.09 Å². The first-order valence-electron chi connectivity index (χ1n) is 15.1. The van der Waals surface area contributed by atoms with Gasteiger partial charge in [0.2, 0.25) is 0 Å². The van der Waals surface area contributed by atoms with Crippen LogP contribution in [0.4, 0.5) is 4.79 Å². The van der Waals surface area contributed by atoms with E-state index in [-0.39, 0.29) is 6.09 Å². The van der Waals surface area contributed by atoms with Crippen molar-refractivity contribution in [1.29, 1.82) is 0 Å². The third-order valence-corrected chi connectivity index (χ3v) is 6.90. The fraction of sp³-hybridized carbons (Fsp3) is 0.594. The standard InChI is InChI=1S/C32H51N7O2/c1-7-18-37(19-8-2)20-9-10-21-39(31(40)41-32(3,4)5)24-28-13-11-27(12-14-28)23-38(25-29-33-15-16-34-29)26-30-35-17-22-36(30)6/h11-17,22H,7-10,18-21,23-26H2,1-6H3,(H,33,34). The van der Waals surface area contributed by atoms with Gasteiger partial charge in [0.25, 0.3) is 0 Å². The molecule has 0 saturated heterocycles. The average Bonchev–Trinajstić information content (AvgIpc) is 3.57. The van der Waals surface area contributed by atoms with E-state index in [0.717, 1.165) is 56.2 Å². The molecular weight excluding hydrogens is 514 g/mol. The average molecular weight is 566 g/mol. The maximum Gasteiger partial charge on any atom is 0.410 e. The Morgan fingerprint density at radius 2 is 1.51 bits per heavy atom. The molecule has 0 atom stereocenters. The van der Waals surface area contributed by atoms with E-state index in [1.165, 1.54) is 18.4 Å². The summed E-state index contributed by atoms with van der Waals surface area (Å²) in [6.45, 7) is 17.0. The van der Waals surface area contributed by atoms with Gasteiger partial charge in [0.15, 0.2) is 0 Å². The van der Waals surface area contributed by atoms with Crippen LogP contribution < -0.4 is 0 Å². The van der Waals surface area contributed by atoms with Crippen molar-refractivity contribution in [2.24, 2.45) is 7.05 Å². The van der Waals surface area contributed by atoms with E-state index in [1.807, 2.05) is 51.3 Å². The Morgan fingerprint density at radius 1 is 0.854 bits per heavy atom. The Kier molecular flexibility index (Phi) is 12.9. The smallest absolute Gasteiger partial charge is 0.410 e. The van der Waals surface area contributed by atoms with Gasteiger partial charge in [0.1, 0.15) is 17.2 Å². The summed E-state index contributed by atoms with van der Waals surface area (Å²) in [5.41, 5.74) is 1.77. The number of hydrogen-bond donors (Lipinski definition) is 1. The Morgan fingerprint density at radius 3 is 2.07 bits per heavy atom. The first-order valence-corrected chi connectivity index (χ1v) is 15.1. The normalized spacial score (nSPS) is 11.9. The molecule has 2 heterocycles. The molecule has 3 rings (SSSR count). The summed E-state index contributed by atoms with van der Waals surface area (Å²) in [4.78, 5) is 32.0. The van der Waals surface area contributed by atoms with Crippen LogP contribution >= 0.6 is 0 Å². The van der Waals surface area contributed by atoms with E-state index >= 15 is 0 Å². The predicted molar refractivity (Wildman–Crippen MR) is 164 cm³/mol. The number of ether oxygens (including phenoxy) is 1. The second-order valence-corrected chi connectivity index (χ2v) is 11.9. The fourth-order valence-corrected chi connectivity index (χ4v) is 4.91. The lowest BCUT2D eigenvalue weighted by atomic mass is 10.1. The summed E-state index contributed by atoms with van der Waals surface area (Å²) in [6.07, 6.45) is 11.6. The van der Waals surface area contributed by atoms with Gasteiger partial charge < -0.3 is 24.1 Å². The lowest BCUT2D eigenvalue weighted by molar-refractivity contribution is 0.0229. The van der Waals surface area contributed by atoms with E-state index in [2.05, 4.69) is 67.4 Å². The second-order valence-electron chi connectivity index (χ2n) is 11.9.